The Labute approximate surface area is 116 Å². The topological polar surface area (TPSA) is 54.7 Å². The van der Waals surface area contributed by atoms with Gasteiger partial charge in [-0.2, -0.15) is 5.10 Å². The minimum Gasteiger partial charge on any atom is -0.382 e. The molecule has 96 valence electrons. The first-order valence-electron chi connectivity index (χ1n) is 6.20. The number of aromatic amines is 1. The van der Waals surface area contributed by atoms with Gasteiger partial charge in [0.2, 0.25) is 0 Å². The Balaban J connectivity index is 2.40. The molecule has 1 aromatic heterocycles. The highest BCUT2D eigenvalue weighted by Gasteiger charge is 2.14. The molecule has 0 bridgehead atoms. The van der Waals surface area contributed by atoms with Crippen LogP contribution < -0.4 is 5.73 Å². The van der Waals surface area contributed by atoms with Crippen LogP contribution in [0.3, 0.4) is 0 Å². The maximum Gasteiger partial charge on any atom is 0.153 e. The Morgan fingerprint density at radius 1 is 1.44 bits per heavy atom. The van der Waals surface area contributed by atoms with E-state index in [4.69, 9.17) is 5.73 Å². The fourth-order valence-corrected chi connectivity index (χ4v) is 2.40. The van der Waals surface area contributed by atoms with E-state index < -0.39 is 0 Å². The molecule has 1 unspecified atom stereocenters. The molecule has 0 saturated heterocycles. The van der Waals surface area contributed by atoms with E-state index in [1.54, 1.807) is 0 Å². The third kappa shape index (κ3) is 2.75. The third-order valence-corrected chi connectivity index (χ3v) is 3.73. The summed E-state index contributed by atoms with van der Waals surface area (Å²) >= 11 is 3.49. The average molecular weight is 308 g/mol. The van der Waals surface area contributed by atoms with Crippen molar-refractivity contribution in [3.05, 3.63) is 34.4 Å². The van der Waals surface area contributed by atoms with Crippen LogP contribution in [0.25, 0.3) is 11.1 Å². The molecule has 4 heteroatoms. The zero-order chi connectivity index (χ0) is 13.1. The molecule has 0 aliphatic heterocycles. The van der Waals surface area contributed by atoms with Gasteiger partial charge in [0.15, 0.2) is 5.82 Å². The number of anilines is 1. The number of nitrogen functional groups attached to an aromatic ring is 1. The lowest BCUT2D eigenvalue weighted by Gasteiger charge is -2.09. The first kappa shape index (κ1) is 13.1. The largest absolute Gasteiger partial charge is 0.382 e. The molecular formula is C14H18BrN3. The van der Waals surface area contributed by atoms with E-state index >= 15 is 0 Å². The molecule has 18 heavy (non-hydrogen) atoms. The molecule has 0 aliphatic rings. The van der Waals surface area contributed by atoms with E-state index in [9.17, 15) is 0 Å². The quantitative estimate of drug-likeness (QED) is 0.896. The fraction of sp³-hybridized carbons (Fsp3) is 0.357. The van der Waals surface area contributed by atoms with Crippen molar-refractivity contribution < 1.29 is 0 Å². The van der Waals surface area contributed by atoms with E-state index in [-0.39, 0.29) is 0 Å². The van der Waals surface area contributed by atoms with Crippen LogP contribution in [-0.4, -0.2) is 10.2 Å². The lowest BCUT2D eigenvalue weighted by molar-refractivity contribution is 0.552. The number of nitrogens with one attached hydrogen (secondary N) is 1. The van der Waals surface area contributed by atoms with Gasteiger partial charge in [-0.1, -0.05) is 48.3 Å². The molecule has 2 rings (SSSR count). The highest BCUT2D eigenvalue weighted by Crippen LogP contribution is 2.31. The Bertz CT molecular complexity index is 534. The van der Waals surface area contributed by atoms with Gasteiger partial charge in [0.05, 0.1) is 0 Å². The van der Waals surface area contributed by atoms with E-state index in [0.717, 1.165) is 34.1 Å². The summed E-state index contributed by atoms with van der Waals surface area (Å²) in [5.41, 5.74) is 9.25. The highest BCUT2D eigenvalue weighted by molar-refractivity contribution is 9.10. The van der Waals surface area contributed by atoms with Crippen molar-refractivity contribution in [3.63, 3.8) is 0 Å². The molecule has 2 aromatic rings. The van der Waals surface area contributed by atoms with Gasteiger partial charge < -0.3 is 5.73 Å². The van der Waals surface area contributed by atoms with Crippen LogP contribution in [0, 0.1) is 5.92 Å². The van der Waals surface area contributed by atoms with Crippen molar-refractivity contribution in [2.45, 2.75) is 26.7 Å². The first-order valence-corrected chi connectivity index (χ1v) is 6.99. The zero-order valence-electron chi connectivity index (χ0n) is 10.7. The molecule has 0 radical (unpaired) electrons. The highest BCUT2D eigenvalue weighted by atomic mass is 79.9. The second kappa shape index (κ2) is 5.57. The van der Waals surface area contributed by atoms with E-state index in [2.05, 4.69) is 52.1 Å². The number of nitrogens with zero attached hydrogens (tertiary/aromatic N) is 1. The number of halogens is 1. The van der Waals surface area contributed by atoms with Crippen LogP contribution >= 0.6 is 15.9 Å². The number of hydrogen-bond donors (Lipinski definition) is 2. The summed E-state index contributed by atoms with van der Waals surface area (Å²) in [6, 6.07) is 8.15. The maximum absolute atomic E-state index is 5.98. The van der Waals surface area contributed by atoms with Crippen molar-refractivity contribution in [1.29, 1.82) is 0 Å². The zero-order valence-corrected chi connectivity index (χ0v) is 12.3. The summed E-state index contributed by atoms with van der Waals surface area (Å²) in [6.45, 7) is 4.44. The predicted octanol–water partition coefficient (Wildman–Crippen LogP) is 4.01. The molecule has 3 N–H and O–H groups in total. The van der Waals surface area contributed by atoms with Crippen LogP contribution in [0.4, 0.5) is 5.82 Å². The van der Waals surface area contributed by atoms with E-state index in [0.29, 0.717) is 11.7 Å². The van der Waals surface area contributed by atoms with Crippen LogP contribution in [0.1, 0.15) is 26.0 Å². The van der Waals surface area contributed by atoms with Crippen molar-refractivity contribution in [2.75, 3.05) is 5.73 Å². The van der Waals surface area contributed by atoms with Gasteiger partial charge in [-0.3, -0.25) is 5.10 Å². The van der Waals surface area contributed by atoms with Crippen molar-refractivity contribution in [1.82, 2.24) is 10.2 Å². The van der Waals surface area contributed by atoms with Gasteiger partial charge in [0.1, 0.15) is 0 Å². The molecule has 1 atom stereocenters. The number of benzene rings is 1. The molecular weight excluding hydrogens is 290 g/mol. The minimum atomic E-state index is 0.575. The minimum absolute atomic E-state index is 0.575. The van der Waals surface area contributed by atoms with Gasteiger partial charge in [0.25, 0.3) is 0 Å². The number of H-pyrrole nitrogens is 1. The Morgan fingerprint density at radius 2 is 2.22 bits per heavy atom. The second-order valence-corrected chi connectivity index (χ2v) is 5.61. The Kier molecular flexibility index (Phi) is 4.07. The third-order valence-electron chi connectivity index (χ3n) is 3.23. The number of aromatic nitrogens is 2. The summed E-state index contributed by atoms with van der Waals surface area (Å²) in [5.74, 6) is 1.20. The van der Waals surface area contributed by atoms with Crippen molar-refractivity contribution in [3.8, 4) is 11.1 Å². The molecule has 0 spiro atoms. The van der Waals surface area contributed by atoms with Gasteiger partial charge in [-0.25, -0.2) is 0 Å². The molecule has 3 nitrogen and oxygen atoms in total. The summed E-state index contributed by atoms with van der Waals surface area (Å²) < 4.78 is 1.05. The van der Waals surface area contributed by atoms with Crippen molar-refractivity contribution in [2.24, 2.45) is 5.92 Å². The molecule has 0 fully saturated rings. The van der Waals surface area contributed by atoms with Gasteiger partial charge in [0, 0.05) is 15.7 Å². The monoisotopic (exact) mass is 307 g/mol. The van der Waals surface area contributed by atoms with Crippen LogP contribution in [0.15, 0.2) is 28.7 Å². The van der Waals surface area contributed by atoms with Gasteiger partial charge in [-0.15, -0.1) is 0 Å². The normalized spacial score (nSPS) is 12.6. The first-order chi connectivity index (χ1) is 8.61. The Morgan fingerprint density at radius 3 is 2.89 bits per heavy atom. The summed E-state index contributed by atoms with van der Waals surface area (Å²) in [5, 5.41) is 7.21. The summed E-state index contributed by atoms with van der Waals surface area (Å²) in [4.78, 5) is 0. The number of rotatable bonds is 4. The smallest absolute Gasteiger partial charge is 0.153 e. The average Bonchev–Trinajstić information content (AvgIpc) is 2.70. The van der Waals surface area contributed by atoms with Crippen LogP contribution in [0.5, 0.6) is 0 Å². The SMILES string of the molecule is CCC(C)Cc1[nH]nc(N)c1-c1cccc(Br)c1. The molecule has 1 aromatic carbocycles. The lowest BCUT2D eigenvalue weighted by atomic mass is 9.97. The molecule has 1 heterocycles. The number of hydrogen-bond acceptors (Lipinski definition) is 2. The standard InChI is InChI=1S/C14H18BrN3/c1-3-9(2)7-12-13(14(16)18-17-12)10-5-4-6-11(15)8-10/h4-6,8-9H,3,7H2,1-2H3,(H3,16,17,18). The Hall–Kier alpha value is -1.29. The fourth-order valence-electron chi connectivity index (χ4n) is 2.00. The predicted molar refractivity (Wildman–Crippen MR) is 79.3 cm³/mol. The summed E-state index contributed by atoms with van der Waals surface area (Å²) in [6.07, 6.45) is 2.12. The van der Waals surface area contributed by atoms with Crippen LogP contribution in [-0.2, 0) is 6.42 Å². The summed E-state index contributed by atoms with van der Waals surface area (Å²) in [7, 11) is 0. The molecule has 0 aliphatic carbocycles. The molecule has 0 amide bonds. The van der Waals surface area contributed by atoms with E-state index in [1.807, 2.05) is 12.1 Å². The second-order valence-electron chi connectivity index (χ2n) is 4.69. The maximum atomic E-state index is 5.98. The van der Waals surface area contributed by atoms with E-state index in [1.165, 1.54) is 0 Å². The molecule has 0 saturated carbocycles. The van der Waals surface area contributed by atoms with Gasteiger partial charge in [-0.05, 0) is 30.0 Å². The van der Waals surface area contributed by atoms with Crippen LogP contribution in [0.2, 0.25) is 0 Å². The lowest BCUT2D eigenvalue weighted by Crippen LogP contribution is -2.00. The number of nitrogens with two attached hydrogens (primary N) is 1. The van der Waals surface area contributed by atoms with Gasteiger partial charge >= 0.3 is 0 Å². The van der Waals surface area contributed by atoms with Crippen molar-refractivity contribution >= 4 is 21.7 Å².